The smallest absolute Gasteiger partial charge is 0.261 e. The Labute approximate surface area is 155 Å². The first kappa shape index (κ1) is 19.9. The summed E-state index contributed by atoms with van der Waals surface area (Å²) in [6, 6.07) is 3.82. The van der Waals surface area contributed by atoms with E-state index in [0.717, 1.165) is 31.5 Å². The Kier molecular flexibility index (Phi) is 7.90. The van der Waals surface area contributed by atoms with Gasteiger partial charge in [-0.3, -0.25) is 9.59 Å². The van der Waals surface area contributed by atoms with Crippen molar-refractivity contribution in [3.8, 4) is 0 Å². The largest absolute Gasteiger partial charge is 0.352 e. The molecule has 2 amide bonds. The minimum absolute atomic E-state index is 0.0582. The molecule has 1 aromatic rings. The normalized spacial score (nSPS) is 22.4. The van der Waals surface area contributed by atoms with Crippen LogP contribution in [-0.4, -0.2) is 48.9 Å². The van der Waals surface area contributed by atoms with E-state index in [1.54, 1.807) is 6.07 Å². The Balaban J connectivity index is 1.59. The van der Waals surface area contributed by atoms with Gasteiger partial charge in [-0.2, -0.15) is 0 Å². The second-order valence-electron chi connectivity index (χ2n) is 7.47. The zero-order valence-electron chi connectivity index (χ0n) is 15.6. The maximum absolute atomic E-state index is 12.1. The van der Waals surface area contributed by atoms with Gasteiger partial charge in [-0.15, -0.1) is 11.3 Å². The van der Waals surface area contributed by atoms with Gasteiger partial charge in [-0.25, -0.2) is 0 Å². The van der Waals surface area contributed by atoms with Gasteiger partial charge >= 0.3 is 0 Å². The number of amides is 2. The quantitative estimate of drug-likeness (QED) is 0.697. The number of nitrogens with one attached hydrogen (secondary N) is 2. The van der Waals surface area contributed by atoms with Crippen molar-refractivity contribution in [3.63, 3.8) is 0 Å². The fourth-order valence-electron chi connectivity index (χ4n) is 3.67. The fourth-order valence-corrected chi connectivity index (χ4v) is 4.31. The molecule has 140 valence electrons. The molecule has 0 aliphatic carbocycles. The number of carbonyl (C=O) groups is 2. The van der Waals surface area contributed by atoms with Crippen LogP contribution in [0.4, 0.5) is 0 Å². The third-order valence-electron chi connectivity index (χ3n) is 4.50. The molecule has 1 aliphatic rings. The van der Waals surface area contributed by atoms with E-state index in [9.17, 15) is 9.59 Å². The molecule has 2 rings (SSSR count). The minimum Gasteiger partial charge on any atom is -0.352 e. The number of hydrogen-bond donors (Lipinski definition) is 2. The number of thiophene rings is 1. The van der Waals surface area contributed by atoms with Crippen molar-refractivity contribution in [3.05, 3.63) is 22.4 Å². The summed E-state index contributed by atoms with van der Waals surface area (Å²) in [6.45, 7) is 10.4. The third-order valence-corrected chi connectivity index (χ3v) is 5.36. The molecule has 0 spiro atoms. The highest BCUT2D eigenvalue weighted by Gasteiger charge is 2.23. The van der Waals surface area contributed by atoms with Crippen molar-refractivity contribution in [1.82, 2.24) is 15.5 Å². The molecule has 0 saturated carbocycles. The first-order valence-electron chi connectivity index (χ1n) is 9.27. The summed E-state index contributed by atoms with van der Waals surface area (Å²) in [4.78, 5) is 27.0. The Morgan fingerprint density at radius 2 is 2.04 bits per heavy atom. The number of nitrogens with zero attached hydrogens (tertiary/aromatic N) is 1. The molecule has 1 aromatic heterocycles. The molecular weight excluding hydrogens is 334 g/mol. The predicted molar refractivity (Wildman–Crippen MR) is 103 cm³/mol. The van der Waals surface area contributed by atoms with Gasteiger partial charge in [-0.05, 0) is 43.0 Å². The first-order valence-corrected chi connectivity index (χ1v) is 10.2. The van der Waals surface area contributed by atoms with Crippen LogP contribution in [0, 0.1) is 11.8 Å². The van der Waals surface area contributed by atoms with Gasteiger partial charge in [-0.1, -0.05) is 19.9 Å². The summed E-state index contributed by atoms with van der Waals surface area (Å²) < 4.78 is 0. The molecule has 1 fully saturated rings. The first-order chi connectivity index (χ1) is 11.9. The molecule has 2 heterocycles. The van der Waals surface area contributed by atoms with Gasteiger partial charge in [0.15, 0.2) is 0 Å². The van der Waals surface area contributed by atoms with Crippen LogP contribution in [0.25, 0.3) is 0 Å². The van der Waals surface area contributed by atoms with Crippen LogP contribution in [0.1, 0.15) is 49.7 Å². The van der Waals surface area contributed by atoms with Crippen LogP contribution in [0.3, 0.4) is 0 Å². The highest BCUT2D eigenvalue weighted by Crippen LogP contribution is 2.20. The molecule has 25 heavy (non-hydrogen) atoms. The lowest BCUT2D eigenvalue weighted by Gasteiger charge is -2.36. The molecule has 6 heteroatoms. The molecule has 3 atom stereocenters. The second-order valence-corrected chi connectivity index (χ2v) is 8.42. The van der Waals surface area contributed by atoms with Crippen LogP contribution >= 0.6 is 11.3 Å². The Bertz CT molecular complexity index is 537. The highest BCUT2D eigenvalue weighted by atomic mass is 32.1. The topological polar surface area (TPSA) is 61.4 Å². The van der Waals surface area contributed by atoms with Crippen molar-refractivity contribution >= 4 is 23.2 Å². The summed E-state index contributed by atoms with van der Waals surface area (Å²) in [5, 5.41) is 7.82. The number of piperidine rings is 1. The maximum atomic E-state index is 12.1. The number of rotatable bonds is 8. The number of hydrogen-bond acceptors (Lipinski definition) is 4. The Hall–Kier alpha value is -1.40. The standard InChI is InChI=1S/C19H31N3O2S/c1-14-10-15(2)12-22(11-14)13-16(3)21-18(23)7-4-8-20-19(24)17-6-5-9-25-17/h5-6,9,14-16H,4,7-8,10-13H2,1-3H3,(H,20,24)(H,21,23). The zero-order valence-corrected chi connectivity index (χ0v) is 16.4. The van der Waals surface area contributed by atoms with Gasteiger partial charge in [0.25, 0.3) is 5.91 Å². The maximum Gasteiger partial charge on any atom is 0.261 e. The average Bonchev–Trinajstić information content (AvgIpc) is 3.04. The molecule has 1 saturated heterocycles. The molecule has 0 radical (unpaired) electrons. The molecule has 0 aromatic carbocycles. The van der Waals surface area contributed by atoms with E-state index < -0.39 is 0 Å². The summed E-state index contributed by atoms with van der Waals surface area (Å²) in [5.41, 5.74) is 0. The average molecular weight is 366 g/mol. The Morgan fingerprint density at radius 3 is 2.68 bits per heavy atom. The number of likely N-dealkylation sites (tertiary alicyclic amines) is 1. The lowest BCUT2D eigenvalue weighted by atomic mass is 9.92. The van der Waals surface area contributed by atoms with Crippen LogP contribution in [0.2, 0.25) is 0 Å². The lowest BCUT2D eigenvalue weighted by molar-refractivity contribution is -0.121. The summed E-state index contributed by atoms with van der Waals surface area (Å²) >= 11 is 1.42. The van der Waals surface area contributed by atoms with E-state index in [0.29, 0.717) is 24.3 Å². The molecular formula is C19H31N3O2S. The van der Waals surface area contributed by atoms with E-state index in [2.05, 4.69) is 36.3 Å². The fraction of sp³-hybridized carbons (Fsp3) is 0.684. The predicted octanol–water partition coefficient (Wildman–Crippen LogP) is 2.74. The summed E-state index contributed by atoms with van der Waals surface area (Å²) in [5.74, 6) is 1.48. The van der Waals surface area contributed by atoms with E-state index >= 15 is 0 Å². The van der Waals surface area contributed by atoms with Crippen LogP contribution in [0.15, 0.2) is 17.5 Å². The van der Waals surface area contributed by atoms with Crippen molar-refractivity contribution in [2.75, 3.05) is 26.2 Å². The Morgan fingerprint density at radius 1 is 1.32 bits per heavy atom. The van der Waals surface area contributed by atoms with Crippen LogP contribution in [-0.2, 0) is 4.79 Å². The molecule has 0 bridgehead atoms. The van der Waals surface area contributed by atoms with Gasteiger partial charge < -0.3 is 15.5 Å². The van der Waals surface area contributed by atoms with Gasteiger partial charge in [0.05, 0.1) is 4.88 Å². The van der Waals surface area contributed by atoms with Crippen LogP contribution in [0.5, 0.6) is 0 Å². The SMILES string of the molecule is CC1CC(C)CN(CC(C)NC(=O)CCCNC(=O)c2cccs2)C1. The van der Waals surface area contributed by atoms with E-state index in [-0.39, 0.29) is 17.9 Å². The molecule has 2 N–H and O–H groups in total. The molecule has 3 unspecified atom stereocenters. The van der Waals surface area contributed by atoms with Gasteiger partial charge in [0.1, 0.15) is 0 Å². The zero-order chi connectivity index (χ0) is 18.2. The van der Waals surface area contributed by atoms with E-state index in [1.165, 1.54) is 17.8 Å². The monoisotopic (exact) mass is 365 g/mol. The summed E-state index contributed by atoms with van der Waals surface area (Å²) in [6.07, 6.45) is 2.41. The highest BCUT2D eigenvalue weighted by molar-refractivity contribution is 7.12. The lowest BCUT2D eigenvalue weighted by Crippen LogP contribution is -2.47. The molecule has 1 aliphatic heterocycles. The van der Waals surface area contributed by atoms with Crippen molar-refractivity contribution in [2.24, 2.45) is 11.8 Å². The number of carbonyl (C=O) groups excluding carboxylic acids is 2. The van der Waals surface area contributed by atoms with E-state index in [1.807, 2.05) is 11.4 Å². The minimum atomic E-state index is -0.0582. The molecule has 5 nitrogen and oxygen atoms in total. The van der Waals surface area contributed by atoms with E-state index in [4.69, 9.17) is 0 Å². The van der Waals surface area contributed by atoms with Crippen molar-refractivity contribution in [1.29, 1.82) is 0 Å². The van der Waals surface area contributed by atoms with Crippen molar-refractivity contribution < 1.29 is 9.59 Å². The second kappa shape index (κ2) is 9.92. The van der Waals surface area contributed by atoms with Gasteiger partial charge in [0, 0.05) is 38.6 Å². The summed E-state index contributed by atoms with van der Waals surface area (Å²) in [7, 11) is 0. The van der Waals surface area contributed by atoms with Gasteiger partial charge in [0.2, 0.25) is 5.91 Å². The third kappa shape index (κ3) is 7.16. The van der Waals surface area contributed by atoms with Crippen molar-refractivity contribution in [2.45, 2.75) is 46.1 Å². The van der Waals surface area contributed by atoms with Crippen LogP contribution < -0.4 is 10.6 Å².